The van der Waals surface area contributed by atoms with Crippen molar-refractivity contribution in [1.29, 1.82) is 10.5 Å². The predicted octanol–water partition coefficient (Wildman–Crippen LogP) is 6.73. The summed E-state index contributed by atoms with van der Waals surface area (Å²) >= 11 is 0. The Morgan fingerprint density at radius 3 is 1.34 bits per heavy atom. The number of rotatable bonds is 7. The van der Waals surface area contributed by atoms with Gasteiger partial charge in [-0.1, -0.05) is 36.4 Å². The monoisotopic (exact) mass is 578 g/mol. The molecule has 0 atom stereocenters. The summed E-state index contributed by atoms with van der Waals surface area (Å²) in [5.41, 5.74) is 9.56. The molecular formula is C36H26N4O4. The van der Waals surface area contributed by atoms with E-state index in [0.717, 1.165) is 70.9 Å². The fourth-order valence-corrected chi connectivity index (χ4v) is 5.84. The van der Waals surface area contributed by atoms with Gasteiger partial charge in [-0.15, -0.1) is 0 Å². The normalized spacial score (nSPS) is 14.0. The number of anilines is 4. The zero-order valence-corrected chi connectivity index (χ0v) is 23.6. The highest BCUT2D eigenvalue weighted by Crippen LogP contribution is 2.38. The molecule has 0 spiro atoms. The number of benzene rings is 4. The van der Waals surface area contributed by atoms with Crippen molar-refractivity contribution in [2.24, 2.45) is 0 Å². The smallest absolute Gasteiger partial charge is 0.346 e. The molecule has 0 bridgehead atoms. The SMILES string of the molecule is N#C/C(=C/c1ccc2c(c1)CCN2c1ccc(-c2ccc(N3CCc4cc(/C=C(\C#N)C(=O)O)ccc43)cc2)cc1)C(=O)O. The van der Waals surface area contributed by atoms with Gasteiger partial charge in [0.15, 0.2) is 0 Å². The first kappa shape index (κ1) is 28.0. The van der Waals surface area contributed by atoms with Crippen molar-refractivity contribution < 1.29 is 19.8 Å². The van der Waals surface area contributed by atoms with Crippen LogP contribution in [-0.4, -0.2) is 35.2 Å². The lowest BCUT2D eigenvalue weighted by atomic mass is 10.0. The van der Waals surface area contributed by atoms with Gasteiger partial charge in [0.05, 0.1) is 0 Å². The van der Waals surface area contributed by atoms with Gasteiger partial charge >= 0.3 is 11.9 Å². The maximum atomic E-state index is 11.2. The van der Waals surface area contributed by atoms with Crippen LogP contribution in [-0.2, 0) is 22.4 Å². The maximum Gasteiger partial charge on any atom is 0.346 e. The van der Waals surface area contributed by atoms with Crippen LogP contribution >= 0.6 is 0 Å². The summed E-state index contributed by atoms with van der Waals surface area (Å²) in [6, 6.07) is 31.8. The second-order valence-corrected chi connectivity index (χ2v) is 10.6. The minimum Gasteiger partial charge on any atom is -0.477 e. The molecule has 44 heavy (non-hydrogen) atoms. The van der Waals surface area contributed by atoms with Crippen LogP contribution in [0.25, 0.3) is 23.3 Å². The molecule has 0 unspecified atom stereocenters. The molecular weight excluding hydrogens is 552 g/mol. The summed E-state index contributed by atoms with van der Waals surface area (Å²) in [6.07, 6.45) is 4.46. The first-order valence-electron chi connectivity index (χ1n) is 14.1. The fraction of sp³-hybridized carbons (Fsp3) is 0.111. The van der Waals surface area contributed by atoms with Gasteiger partial charge in [0.1, 0.15) is 23.3 Å². The lowest BCUT2D eigenvalue weighted by Gasteiger charge is -2.21. The van der Waals surface area contributed by atoms with Crippen LogP contribution < -0.4 is 9.80 Å². The molecule has 2 aliphatic heterocycles. The van der Waals surface area contributed by atoms with E-state index in [-0.39, 0.29) is 11.1 Å². The van der Waals surface area contributed by atoms with Gasteiger partial charge in [-0.05, 0) is 107 Å². The van der Waals surface area contributed by atoms with E-state index in [2.05, 4.69) is 58.3 Å². The summed E-state index contributed by atoms with van der Waals surface area (Å²) in [4.78, 5) is 26.9. The summed E-state index contributed by atoms with van der Waals surface area (Å²) in [7, 11) is 0. The molecule has 0 radical (unpaired) electrons. The van der Waals surface area contributed by atoms with Crippen LogP contribution in [0, 0.1) is 22.7 Å². The number of hydrogen-bond donors (Lipinski definition) is 2. The Kier molecular flexibility index (Phi) is 7.41. The Balaban J connectivity index is 1.16. The highest BCUT2D eigenvalue weighted by Gasteiger charge is 2.22. The van der Waals surface area contributed by atoms with E-state index in [0.29, 0.717) is 11.1 Å². The van der Waals surface area contributed by atoms with Crippen molar-refractivity contribution >= 4 is 46.8 Å². The van der Waals surface area contributed by atoms with Crippen LogP contribution in [0.5, 0.6) is 0 Å². The minimum atomic E-state index is -1.23. The molecule has 0 saturated heterocycles. The average molecular weight is 579 g/mol. The van der Waals surface area contributed by atoms with Crippen molar-refractivity contribution in [2.45, 2.75) is 12.8 Å². The highest BCUT2D eigenvalue weighted by molar-refractivity contribution is 5.97. The zero-order chi connectivity index (χ0) is 30.8. The van der Waals surface area contributed by atoms with Gasteiger partial charge in [-0.3, -0.25) is 0 Å². The topological polar surface area (TPSA) is 129 Å². The summed E-state index contributed by atoms with van der Waals surface area (Å²) in [5.74, 6) is -2.46. The van der Waals surface area contributed by atoms with Gasteiger partial charge in [0.2, 0.25) is 0 Å². The quantitative estimate of drug-likeness (QED) is 0.183. The van der Waals surface area contributed by atoms with E-state index in [1.54, 1.807) is 12.1 Å². The Bertz CT molecular complexity index is 1800. The number of nitriles is 2. The molecule has 2 N–H and O–H groups in total. The largest absolute Gasteiger partial charge is 0.477 e. The van der Waals surface area contributed by atoms with Crippen LogP contribution in [0.3, 0.4) is 0 Å². The van der Waals surface area contributed by atoms with Crippen LogP contribution in [0.2, 0.25) is 0 Å². The molecule has 2 aliphatic rings. The van der Waals surface area contributed by atoms with E-state index in [9.17, 15) is 9.59 Å². The Labute approximate surface area is 254 Å². The molecule has 8 heteroatoms. The van der Waals surface area contributed by atoms with Gasteiger partial charge < -0.3 is 20.0 Å². The van der Waals surface area contributed by atoms with E-state index in [4.69, 9.17) is 20.7 Å². The Hall–Kier alpha value is -6.12. The maximum absolute atomic E-state index is 11.2. The molecule has 4 aromatic rings. The van der Waals surface area contributed by atoms with Crippen molar-refractivity contribution in [3.8, 4) is 23.3 Å². The lowest BCUT2D eigenvalue weighted by molar-refractivity contribution is -0.133. The van der Waals surface area contributed by atoms with Crippen LogP contribution in [0.1, 0.15) is 22.3 Å². The fourth-order valence-electron chi connectivity index (χ4n) is 5.84. The van der Waals surface area contributed by atoms with Gasteiger partial charge in [-0.25, -0.2) is 9.59 Å². The highest BCUT2D eigenvalue weighted by atomic mass is 16.4. The first-order valence-corrected chi connectivity index (χ1v) is 14.1. The Morgan fingerprint density at radius 1 is 0.614 bits per heavy atom. The molecule has 6 rings (SSSR count). The Morgan fingerprint density at radius 2 is 1.00 bits per heavy atom. The molecule has 0 amide bonds. The second kappa shape index (κ2) is 11.6. The molecule has 0 saturated carbocycles. The number of hydrogen-bond acceptors (Lipinski definition) is 6. The number of nitrogens with zero attached hydrogens (tertiary/aromatic N) is 4. The van der Waals surface area contributed by atoms with E-state index in [1.165, 1.54) is 12.2 Å². The van der Waals surface area contributed by atoms with Crippen LogP contribution in [0.15, 0.2) is 96.1 Å². The number of aliphatic carboxylic acids is 2. The summed E-state index contributed by atoms with van der Waals surface area (Å²) in [5, 5.41) is 36.4. The third kappa shape index (κ3) is 5.40. The molecule has 0 aromatic heterocycles. The van der Waals surface area contributed by atoms with E-state index < -0.39 is 11.9 Å². The molecule has 0 fully saturated rings. The average Bonchev–Trinajstić information content (AvgIpc) is 3.66. The molecule has 214 valence electrons. The van der Waals surface area contributed by atoms with Gasteiger partial charge in [-0.2, -0.15) is 10.5 Å². The van der Waals surface area contributed by atoms with Crippen molar-refractivity contribution in [2.75, 3.05) is 22.9 Å². The van der Waals surface area contributed by atoms with Gasteiger partial charge in [0, 0.05) is 35.8 Å². The van der Waals surface area contributed by atoms with Crippen molar-refractivity contribution in [3.05, 3.63) is 118 Å². The van der Waals surface area contributed by atoms with Gasteiger partial charge in [0.25, 0.3) is 0 Å². The molecule has 8 nitrogen and oxygen atoms in total. The third-order valence-corrected chi connectivity index (χ3v) is 8.01. The van der Waals surface area contributed by atoms with Crippen LogP contribution in [0.4, 0.5) is 22.7 Å². The van der Waals surface area contributed by atoms with E-state index in [1.807, 2.05) is 36.4 Å². The number of carboxylic acid groups (broad SMARTS) is 2. The van der Waals surface area contributed by atoms with Crippen molar-refractivity contribution in [1.82, 2.24) is 0 Å². The molecule has 2 heterocycles. The predicted molar refractivity (Wildman–Crippen MR) is 169 cm³/mol. The lowest BCUT2D eigenvalue weighted by Crippen LogP contribution is -2.13. The first-order chi connectivity index (χ1) is 21.3. The standard InChI is InChI=1S/C36H26N4O4/c37-21-29(35(41)42)19-23-1-11-33-27(17-23)13-15-39(33)31-7-3-25(4-8-31)26-5-9-32(10-6-26)40-16-14-28-18-24(2-12-34(28)40)20-30(22-38)36(43)44/h1-12,17-20H,13-16H2,(H,41,42)(H,43,44)/b29-19-,30-20+. The summed E-state index contributed by atoms with van der Waals surface area (Å²) < 4.78 is 0. The summed E-state index contributed by atoms with van der Waals surface area (Å²) in [6.45, 7) is 1.63. The van der Waals surface area contributed by atoms with Crippen molar-refractivity contribution in [3.63, 3.8) is 0 Å². The third-order valence-electron chi connectivity index (χ3n) is 8.01. The minimum absolute atomic E-state index is 0.286. The number of fused-ring (bicyclic) bond motifs is 2. The zero-order valence-electron chi connectivity index (χ0n) is 23.6. The number of carbonyl (C=O) groups is 2. The molecule has 0 aliphatic carbocycles. The second-order valence-electron chi connectivity index (χ2n) is 10.6. The molecule has 4 aromatic carbocycles. The number of carboxylic acids is 2. The van der Waals surface area contributed by atoms with E-state index >= 15 is 0 Å².